The minimum atomic E-state index is -0.780. The lowest BCUT2D eigenvalue weighted by Gasteiger charge is -2.11. The van der Waals surface area contributed by atoms with Gasteiger partial charge < -0.3 is 20.1 Å². The summed E-state index contributed by atoms with van der Waals surface area (Å²) in [6.07, 6.45) is 6.76. The minimum absolute atomic E-state index is 0.261. The number of benzene rings is 1. The third kappa shape index (κ3) is 4.05. The summed E-state index contributed by atoms with van der Waals surface area (Å²) in [5.74, 6) is 0.516. The Labute approximate surface area is 174 Å². The Balaban J connectivity index is 1.59. The van der Waals surface area contributed by atoms with Crippen LogP contribution in [0, 0.1) is 6.92 Å². The SMILES string of the molecule is Cc1cnc(Nc2ccc3c(ccn3C[C@H](O)CO)c2)nc1-c1cnn(C(C)C)c1. The van der Waals surface area contributed by atoms with Crippen LogP contribution in [0.2, 0.25) is 0 Å². The van der Waals surface area contributed by atoms with Crippen molar-refractivity contribution in [3.05, 3.63) is 54.6 Å². The molecule has 0 amide bonds. The molecule has 3 N–H and O–H groups in total. The molecule has 0 aliphatic carbocycles. The zero-order chi connectivity index (χ0) is 21.3. The molecule has 0 unspecified atom stereocenters. The molecule has 30 heavy (non-hydrogen) atoms. The fourth-order valence-electron chi connectivity index (χ4n) is 3.39. The Morgan fingerprint density at radius 2 is 2.00 bits per heavy atom. The first-order valence-electron chi connectivity index (χ1n) is 9.97. The van der Waals surface area contributed by atoms with Crippen LogP contribution in [0.3, 0.4) is 0 Å². The van der Waals surface area contributed by atoms with E-state index in [0.29, 0.717) is 12.5 Å². The summed E-state index contributed by atoms with van der Waals surface area (Å²) < 4.78 is 3.84. The van der Waals surface area contributed by atoms with E-state index in [-0.39, 0.29) is 12.6 Å². The van der Waals surface area contributed by atoms with E-state index in [1.165, 1.54) is 0 Å². The van der Waals surface area contributed by atoms with Crippen molar-refractivity contribution < 1.29 is 10.2 Å². The summed E-state index contributed by atoms with van der Waals surface area (Å²) in [6.45, 7) is 6.25. The molecule has 0 saturated heterocycles. The van der Waals surface area contributed by atoms with Gasteiger partial charge in [-0.25, -0.2) is 9.97 Å². The van der Waals surface area contributed by atoms with Gasteiger partial charge in [-0.2, -0.15) is 5.10 Å². The van der Waals surface area contributed by atoms with Gasteiger partial charge in [0.1, 0.15) is 0 Å². The number of aromatic nitrogens is 5. The van der Waals surface area contributed by atoms with Crippen molar-refractivity contribution in [2.75, 3.05) is 11.9 Å². The predicted molar refractivity (Wildman–Crippen MR) is 117 cm³/mol. The Kier molecular flexibility index (Phi) is 5.52. The van der Waals surface area contributed by atoms with Gasteiger partial charge >= 0.3 is 0 Å². The summed E-state index contributed by atoms with van der Waals surface area (Å²) in [5.41, 5.74) is 4.65. The van der Waals surface area contributed by atoms with Crippen LogP contribution in [-0.4, -0.2) is 47.2 Å². The lowest BCUT2D eigenvalue weighted by molar-refractivity contribution is 0.0822. The number of aryl methyl sites for hydroxylation is 1. The second-order valence-corrected chi connectivity index (χ2v) is 7.73. The quantitative estimate of drug-likeness (QED) is 0.435. The monoisotopic (exact) mass is 406 g/mol. The maximum Gasteiger partial charge on any atom is 0.227 e. The summed E-state index contributed by atoms with van der Waals surface area (Å²) in [6, 6.07) is 8.20. The molecule has 4 rings (SSSR count). The number of hydrogen-bond acceptors (Lipinski definition) is 6. The molecule has 0 bridgehead atoms. The first kappa shape index (κ1) is 20.1. The largest absolute Gasteiger partial charge is 0.394 e. The lowest BCUT2D eigenvalue weighted by Crippen LogP contribution is -2.19. The van der Waals surface area contributed by atoms with Crippen LogP contribution >= 0.6 is 0 Å². The van der Waals surface area contributed by atoms with Gasteiger partial charge in [-0.1, -0.05) is 0 Å². The predicted octanol–water partition coefficient (Wildman–Crippen LogP) is 3.28. The molecule has 3 heterocycles. The van der Waals surface area contributed by atoms with Gasteiger partial charge in [-0.15, -0.1) is 0 Å². The highest BCUT2D eigenvalue weighted by atomic mass is 16.3. The van der Waals surface area contributed by atoms with E-state index >= 15 is 0 Å². The van der Waals surface area contributed by atoms with Crippen LogP contribution in [0.15, 0.2) is 49.1 Å². The van der Waals surface area contributed by atoms with Crippen molar-refractivity contribution in [3.63, 3.8) is 0 Å². The van der Waals surface area contributed by atoms with Crippen molar-refractivity contribution in [3.8, 4) is 11.3 Å². The van der Waals surface area contributed by atoms with E-state index in [0.717, 1.165) is 33.4 Å². The van der Waals surface area contributed by atoms with Crippen molar-refractivity contribution in [2.45, 2.75) is 39.5 Å². The van der Waals surface area contributed by atoms with Crippen LogP contribution < -0.4 is 5.32 Å². The van der Waals surface area contributed by atoms with Gasteiger partial charge in [0.05, 0.1) is 31.1 Å². The maximum absolute atomic E-state index is 9.71. The molecular formula is C22H26N6O2. The molecule has 0 aliphatic rings. The van der Waals surface area contributed by atoms with Gasteiger partial charge in [0.2, 0.25) is 5.95 Å². The van der Waals surface area contributed by atoms with Gasteiger partial charge in [-0.05, 0) is 50.6 Å². The molecule has 8 nitrogen and oxygen atoms in total. The lowest BCUT2D eigenvalue weighted by atomic mass is 10.1. The fourth-order valence-corrected chi connectivity index (χ4v) is 3.39. The minimum Gasteiger partial charge on any atom is -0.394 e. The van der Waals surface area contributed by atoms with Gasteiger partial charge in [0, 0.05) is 46.8 Å². The number of rotatable bonds is 7. The summed E-state index contributed by atoms with van der Waals surface area (Å²) in [5, 5.41) is 27.5. The highest BCUT2D eigenvalue weighted by molar-refractivity contribution is 5.84. The second-order valence-electron chi connectivity index (χ2n) is 7.73. The molecule has 0 saturated carbocycles. The van der Waals surface area contributed by atoms with Gasteiger partial charge in [-0.3, -0.25) is 4.68 Å². The third-order valence-electron chi connectivity index (χ3n) is 5.02. The average Bonchev–Trinajstić information content (AvgIpc) is 3.37. The molecule has 3 aromatic heterocycles. The summed E-state index contributed by atoms with van der Waals surface area (Å²) in [4.78, 5) is 9.13. The Hall–Kier alpha value is -3.23. The average molecular weight is 406 g/mol. The molecule has 8 heteroatoms. The topological polar surface area (TPSA) is 101 Å². The molecule has 1 aromatic carbocycles. The van der Waals surface area contributed by atoms with Crippen LogP contribution in [0.5, 0.6) is 0 Å². The molecule has 0 radical (unpaired) electrons. The highest BCUT2D eigenvalue weighted by Gasteiger charge is 2.11. The van der Waals surface area contributed by atoms with Crippen LogP contribution in [-0.2, 0) is 6.54 Å². The molecule has 156 valence electrons. The van der Waals surface area contributed by atoms with Gasteiger partial charge in [0.25, 0.3) is 0 Å². The first-order chi connectivity index (χ1) is 14.4. The van der Waals surface area contributed by atoms with Crippen molar-refractivity contribution in [1.29, 1.82) is 0 Å². The first-order valence-corrected chi connectivity index (χ1v) is 9.97. The Morgan fingerprint density at radius 3 is 2.73 bits per heavy atom. The zero-order valence-electron chi connectivity index (χ0n) is 17.3. The van der Waals surface area contributed by atoms with Gasteiger partial charge in [0.15, 0.2) is 0 Å². The Bertz CT molecular complexity index is 1160. The van der Waals surface area contributed by atoms with E-state index < -0.39 is 6.10 Å². The maximum atomic E-state index is 9.71. The van der Waals surface area contributed by atoms with E-state index in [1.54, 1.807) is 0 Å². The van der Waals surface area contributed by atoms with Crippen LogP contribution in [0.1, 0.15) is 25.5 Å². The van der Waals surface area contributed by atoms with Crippen LogP contribution in [0.4, 0.5) is 11.6 Å². The Morgan fingerprint density at radius 1 is 1.17 bits per heavy atom. The number of aliphatic hydroxyl groups is 2. The number of anilines is 2. The smallest absolute Gasteiger partial charge is 0.227 e. The number of aliphatic hydroxyl groups excluding tert-OH is 2. The molecular weight excluding hydrogens is 380 g/mol. The van der Waals surface area contributed by atoms with Crippen LogP contribution in [0.25, 0.3) is 22.2 Å². The normalized spacial score (nSPS) is 12.6. The molecule has 1 atom stereocenters. The van der Waals surface area contributed by atoms with Crippen molar-refractivity contribution >= 4 is 22.5 Å². The number of fused-ring (bicyclic) bond motifs is 1. The standard InChI is InChI=1S/C22H26N6O2/c1-14(2)28-11-17(10-24-28)21-15(3)9-23-22(26-21)25-18-4-5-20-16(8-18)6-7-27(20)12-19(30)13-29/h4-11,14,19,29-30H,12-13H2,1-3H3,(H,23,25,26)/t19-/m0/s1. The summed E-state index contributed by atoms with van der Waals surface area (Å²) >= 11 is 0. The number of nitrogens with one attached hydrogen (secondary N) is 1. The number of nitrogens with zero attached hydrogens (tertiary/aromatic N) is 5. The zero-order valence-corrected chi connectivity index (χ0v) is 17.3. The van der Waals surface area contributed by atoms with E-state index in [1.807, 2.05) is 65.2 Å². The fraction of sp³-hybridized carbons (Fsp3) is 0.318. The summed E-state index contributed by atoms with van der Waals surface area (Å²) in [7, 11) is 0. The van der Waals surface area contributed by atoms with E-state index in [2.05, 4.69) is 29.2 Å². The molecule has 4 aromatic rings. The second kappa shape index (κ2) is 8.25. The van der Waals surface area contributed by atoms with E-state index in [9.17, 15) is 5.11 Å². The highest BCUT2D eigenvalue weighted by Crippen LogP contribution is 2.25. The molecule has 0 aliphatic heterocycles. The van der Waals surface area contributed by atoms with Crippen molar-refractivity contribution in [2.24, 2.45) is 0 Å². The molecule has 0 spiro atoms. The third-order valence-corrected chi connectivity index (χ3v) is 5.02. The van der Waals surface area contributed by atoms with Crippen molar-refractivity contribution in [1.82, 2.24) is 24.3 Å². The number of hydrogen-bond donors (Lipinski definition) is 3. The molecule has 0 fully saturated rings. The van der Waals surface area contributed by atoms with E-state index in [4.69, 9.17) is 10.1 Å².